The van der Waals surface area contributed by atoms with Crippen molar-refractivity contribution in [1.82, 2.24) is 5.32 Å². The summed E-state index contributed by atoms with van der Waals surface area (Å²) < 4.78 is 30.1. The van der Waals surface area contributed by atoms with E-state index in [2.05, 4.69) is 86.8 Å². The normalized spacial score (nSPS) is 14.4. The lowest BCUT2D eigenvalue weighted by atomic mass is 10.0. The molecule has 0 aromatic heterocycles. The summed E-state index contributed by atoms with van der Waals surface area (Å²) in [4.78, 5) is 39.8. The SMILES string of the molecule is CC/C=C\C/C=C\C/C=C\C/C=C\C/C=C\CCCC(=O)OC(/C=C/CCCCCCCCCCC)C(COP(=O)([O-])OCC[N+](C)(C)C)NC(=O)CCCCCCCCCCCCCCCCC. The second-order valence-corrected chi connectivity index (χ2v) is 21.5. The van der Waals surface area contributed by atoms with Crippen LogP contribution >= 0.6 is 7.82 Å². The summed E-state index contributed by atoms with van der Waals surface area (Å²) in [5, 5.41) is 3.00. The monoisotopic (exact) mass is 987 g/mol. The number of unbranched alkanes of at least 4 members (excludes halogenated alkanes) is 24. The van der Waals surface area contributed by atoms with Crippen LogP contribution < -0.4 is 10.2 Å². The van der Waals surface area contributed by atoms with Gasteiger partial charge in [-0.25, -0.2) is 0 Å². The first-order valence-electron chi connectivity index (χ1n) is 28.2. The van der Waals surface area contributed by atoms with Crippen LogP contribution in [-0.4, -0.2) is 69.4 Å². The van der Waals surface area contributed by atoms with Crippen molar-refractivity contribution >= 4 is 19.7 Å². The number of quaternary nitrogens is 1. The van der Waals surface area contributed by atoms with E-state index in [4.69, 9.17) is 13.8 Å². The second-order valence-electron chi connectivity index (χ2n) is 20.1. The number of hydrogen-bond acceptors (Lipinski definition) is 7. The van der Waals surface area contributed by atoms with Gasteiger partial charge in [-0.15, -0.1) is 0 Å². The van der Waals surface area contributed by atoms with E-state index in [0.717, 1.165) is 77.0 Å². The van der Waals surface area contributed by atoms with Crippen LogP contribution in [0, 0.1) is 0 Å². The molecule has 0 aliphatic rings. The highest BCUT2D eigenvalue weighted by Crippen LogP contribution is 2.38. The number of rotatable bonds is 50. The van der Waals surface area contributed by atoms with Gasteiger partial charge in [0.15, 0.2) is 0 Å². The fourth-order valence-corrected chi connectivity index (χ4v) is 8.52. The average Bonchev–Trinajstić information content (AvgIpc) is 3.31. The number of carbonyl (C=O) groups excluding carboxylic acids is 2. The van der Waals surface area contributed by atoms with E-state index in [1.165, 1.54) is 122 Å². The Morgan fingerprint density at radius 3 is 1.41 bits per heavy atom. The number of allylic oxidation sites excluding steroid dienone is 11. The Labute approximate surface area is 425 Å². The van der Waals surface area contributed by atoms with Gasteiger partial charge >= 0.3 is 5.97 Å². The smallest absolute Gasteiger partial charge is 0.306 e. The lowest BCUT2D eigenvalue weighted by molar-refractivity contribution is -0.870. The number of nitrogens with zero attached hydrogens (tertiary/aromatic N) is 1. The van der Waals surface area contributed by atoms with Crippen LogP contribution in [0.25, 0.3) is 0 Å². The minimum Gasteiger partial charge on any atom is -0.756 e. The third-order valence-electron chi connectivity index (χ3n) is 12.2. The number of hydrogen-bond donors (Lipinski definition) is 1. The Bertz CT molecular complexity index is 1420. The zero-order valence-corrected chi connectivity index (χ0v) is 46.4. The molecule has 10 heteroatoms. The summed E-state index contributed by atoms with van der Waals surface area (Å²) in [6, 6.07) is -0.910. The van der Waals surface area contributed by atoms with Crippen LogP contribution in [0.3, 0.4) is 0 Å². The van der Waals surface area contributed by atoms with Crippen molar-refractivity contribution in [1.29, 1.82) is 0 Å². The number of ether oxygens (including phenoxy) is 1. The number of esters is 1. The van der Waals surface area contributed by atoms with Gasteiger partial charge in [0, 0.05) is 12.8 Å². The van der Waals surface area contributed by atoms with Crippen molar-refractivity contribution in [3.05, 3.63) is 72.9 Å². The standard InChI is InChI=1S/C59H107N2O7P/c1-7-10-13-16-19-22-25-27-29-30-32-34-37-40-43-46-49-52-59(63)68-57(50-47-44-41-38-35-24-21-18-15-12-9-3)56(55-67-69(64,65)66-54-53-61(4,5)6)60-58(62)51-48-45-42-39-36-33-31-28-26-23-20-17-14-11-8-2/h10,13,19,22,27,29,32,34,40,43,47,50,56-57H,7-9,11-12,14-18,20-21,23-26,28,30-31,33,35-39,41-42,44-46,48-49,51-55H2,1-6H3,(H-,60,62,64,65)/b13-10-,22-19-,29-27-,34-32-,43-40-,50-47+. The molecule has 0 saturated carbocycles. The third kappa shape index (κ3) is 50.2. The summed E-state index contributed by atoms with van der Waals surface area (Å²) in [5.74, 6) is -0.608. The molecule has 9 nitrogen and oxygen atoms in total. The number of phosphoric acid groups is 1. The van der Waals surface area contributed by atoms with E-state index in [1.54, 1.807) is 0 Å². The van der Waals surface area contributed by atoms with Crippen molar-refractivity contribution < 1.29 is 37.3 Å². The van der Waals surface area contributed by atoms with Crippen LogP contribution in [0.1, 0.15) is 239 Å². The van der Waals surface area contributed by atoms with Crippen molar-refractivity contribution in [3.8, 4) is 0 Å². The molecule has 1 N–H and O–H groups in total. The van der Waals surface area contributed by atoms with E-state index in [0.29, 0.717) is 23.9 Å². The molecule has 0 heterocycles. The van der Waals surface area contributed by atoms with E-state index in [-0.39, 0.29) is 18.9 Å². The minimum atomic E-state index is -4.70. The largest absolute Gasteiger partial charge is 0.756 e. The van der Waals surface area contributed by atoms with Crippen molar-refractivity contribution in [2.45, 2.75) is 251 Å². The molecular formula is C59H107N2O7P. The maximum Gasteiger partial charge on any atom is 0.306 e. The van der Waals surface area contributed by atoms with E-state index >= 15 is 0 Å². The van der Waals surface area contributed by atoms with Gasteiger partial charge < -0.3 is 28.5 Å². The van der Waals surface area contributed by atoms with Crippen molar-refractivity contribution in [2.24, 2.45) is 0 Å². The molecule has 0 aliphatic heterocycles. The highest BCUT2D eigenvalue weighted by Gasteiger charge is 2.27. The number of phosphoric ester groups is 1. The van der Waals surface area contributed by atoms with Gasteiger partial charge in [0.1, 0.15) is 19.3 Å². The fraction of sp³-hybridized carbons (Fsp3) is 0.763. The van der Waals surface area contributed by atoms with Crippen molar-refractivity contribution in [2.75, 3.05) is 40.9 Å². The lowest BCUT2D eigenvalue weighted by Gasteiger charge is -2.30. The van der Waals surface area contributed by atoms with E-state index in [1.807, 2.05) is 33.3 Å². The molecule has 0 fully saturated rings. The highest BCUT2D eigenvalue weighted by atomic mass is 31.2. The maximum atomic E-state index is 13.5. The lowest BCUT2D eigenvalue weighted by Crippen LogP contribution is -2.47. The van der Waals surface area contributed by atoms with E-state index in [9.17, 15) is 19.0 Å². The number of likely N-dealkylation sites (N-methyl/N-ethyl adjacent to an activating group) is 1. The third-order valence-corrected chi connectivity index (χ3v) is 13.1. The fourth-order valence-electron chi connectivity index (χ4n) is 7.79. The average molecular weight is 987 g/mol. The van der Waals surface area contributed by atoms with Crippen LogP contribution in [0.4, 0.5) is 0 Å². The first kappa shape index (κ1) is 66.5. The van der Waals surface area contributed by atoms with Crippen LogP contribution in [0.2, 0.25) is 0 Å². The molecule has 3 atom stereocenters. The summed E-state index contributed by atoms with van der Waals surface area (Å²) in [7, 11) is 1.15. The number of amides is 1. The maximum absolute atomic E-state index is 13.5. The van der Waals surface area contributed by atoms with Gasteiger partial charge in [-0.2, -0.15) is 0 Å². The molecule has 0 spiro atoms. The van der Waals surface area contributed by atoms with Gasteiger partial charge in [-0.1, -0.05) is 229 Å². The van der Waals surface area contributed by atoms with Crippen molar-refractivity contribution in [3.63, 3.8) is 0 Å². The molecule has 69 heavy (non-hydrogen) atoms. The molecule has 0 radical (unpaired) electrons. The Morgan fingerprint density at radius 2 is 0.942 bits per heavy atom. The molecule has 0 aromatic carbocycles. The minimum absolute atomic E-state index is 0.0323. The number of carbonyl (C=O) groups is 2. The van der Waals surface area contributed by atoms with Crippen LogP contribution in [0.5, 0.6) is 0 Å². The van der Waals surface area contributed by atoms with Gasteiger partial charge in [0.25, 0.3) is 7.82 Å². The van der Waals surface area contributed by atoms with E-state index < -0.39 is 32.5 Å². The molecule has 0 saturated heterocycles. The van der Waals surface area contributed by atoms with Gasteiger partial charge in [0.2, 0.25) is 5.91 Å². The Kier molecular flexibility index (Phi) is 47.2. The summed E-state index contributed by atoms with van der Waals surface area (Å²) in [6.45, 7) is 6.68. The van der Waals surface area contributed by atoms with Crippen LogP contribution in [0.15, 0.2) is 72.9 Å². The quantitative estimate of drug-likeness (QED) is 0.0212. The second kappa shape index (κ2) is 49.0. The summed E-state index contributed by atoms with van der Waals surface area (Å²) in [6.07, 6.45) is 61.6. The summed E-state index contributed by atoms with van der Waals surface area (Å²) in [5.41, 5.74) is 0. The van der Waals surface area contributed by atoms with Gasteiger partial charge in [0.05, 0.1) is 33.8 Å². The zero-order chi connectivity index (χ0) is 50.8. The predicted molar refractivity (Wildman–Crippen MR) is 293 cm³/mol. The van der Waals surface area contributed by atoms with Crippen LogP contribution in [-0.2, 0) is 27.9 Å². The number of nitrogens with one attached hydrogen (secondary N) is 1. The first-order valence-corrected chi connectivity index (χ1v) is 29.7. The molecule has 0 bridgehead atoms. The Balaban J connectivity index is 5.42. The molecule has 3 unspecified atom stereocenters. The molecular weight excluding hydrogens is 880 g/mol. The molecule has 0 aromatic rings. The molecule has 0 aliphatic carbocycles. The topological polar surface area (TPSA) is 114 Å². The Hall–Kier alpha value is -2.55. The van der Waals surface area contributed by atoms with Gasteiger partial charge in [-0.05, 0) is 70.3 Å². The molecule has 1 amide bonds. The first-order chi connectivity index (χ1) is 33.4. The summed E-state index contributed by atoms with van der Waals surface area (Å²) >= 11 is 0. The Morgan fingerprint density at radius 1 is 0.522 bits per heavy atom. The zero-order valence-electron chi connectivity index (χ0n) is 45.5. The highest BCUT2D eigenvalue weighted by molar-refractivity contribution is 7.45. The molecule has 0 rings (SSSR count). The van der Waals surface area contributed by atoms with Gasteiger partial charge in [-0.3, -0.25) is 14.2 Å². The molecule has 400 valence electrons. The predicted octanol–water partition coefficient (Wildman–Crippen LogP) is 16.3.